The van der Waals surface area contributed by atoms with Gasteiger partial charge in [0.15, 0.2) is 5.82 Å². The zero-order chi connectivity index (χ0) is 38.8. The van der Waals surface area contributed by atoms with Crippen molar-refractivity contribution in [1.82, 2.24) is 23.5 Å². The highest BCUT2D eigenvalue weighted by Crippen LogP contribution is 2.49. The zero-order valence-electron chi connectivity index (χ0n) is 31.9. The first-order valence-electron chi connectivity index (χ1n) is 20.4. The Morgan fingerprint density at radius 1 is 0.367 bits per heavy atom. The normalized spacial score (nSPS) is 12.7. The Labute approximate surface area is 344 Å². The third kappa shape index (κ3) is 3.74. The third-order valence-corrected chi connectivity index (χ3v) is 14.3. The minimum atomic E-state index is 0.659. The Morgan fingerprint density at radius 3 is 1.68 bits per heavy atom. The van der Waals surface area contributed by atoms with Crippen LogP contribution in [0, 0.1) is 0 Å². The lowest BCUT2D eigenvalue weighted by Gasteiger charge is -2.13. The van der Waals surface area contributed by atoms with E-state index in [2.05, 4.69) is 189 Å². The van der Waals surface area contributed by atoms with E-state index in [4.69, 9.17) is 9.97 Å². The molecule has 60 heavy (non-hydrogen) atoms. The van der Waals surface area contributed by atoms with E-state index >= 15 is 0 Å². The molecular formula is C54H29N5S. The van der Waals surface area contributed by atoms with Crippen LogP contribution in [0.3, 0.4) is 0 Å². The Kier molecular flexibility index (Phi) is 5.74. The molecule has 5 nitrogen and oxygen atoms in total. The van der Waals surface area contributed by atoms with Crippen LogP contribution in [0.2, 0.25) is 0 Å². The van der Waals surface area contributed by atoms with E-state index in [1.54, 1.807) is 11.3 Å². The fourth-order valence-corrected chi connectivity index (χ4v) is 11.9. The van der Waals surface area contributed by atoms with Crippen LogP contribution >= 0.6 is 11.3 Å². The molecular weight excluding hydrogens is 751 g/mol. The molecule has 0 aliphatic rings. The van der Waals surface area contributed by atoms with Crippen molar-refractivity contribution in [3.8, 4) is 11.8 Å². The molecule has 15 rings (SSSR count). The monoisotopic (exact) mass is 779 g/mol. The van der Waals surface area contributed by atoms with Crippen molar-refractivity contribution >= 4 is 135 Å². The van der Waals surface area contributed by atoms with Gasteiger partial charge in [0.05, 0.1) is 48.8 Å². The smallest absolute Gasteiger partial charge is 0.237 e. The van der Waals surface area contributed by atoms with Crippen molar-refractivity contribution in [2.45, 2.75) is 0 Å². The molecule has 6 aromatic heterocycles. The van der Waals surface area contributed by atoms with Gasteiger partial charge in [-0.2, -0.15) is 4.98 Å². The van der Waals surface area contributed by atoms with Crippen LogP contribution in [0.5, 0.6) is 0 Å². The average Bonchev–Trinajstić information content (AvgIpc) is 4.10. The quantitative estimate of drug-likeness (QED) is 0.175. The maximum atomic E-state index is 5.79. The molecule has 0 unspecified atom stereocenters. The first kappa shape index (κ1) is 31.2. The summed E-state index contributed by atoms with van der Waals surface area (Å²) in [7, 11) is 0. The summed E-state index contributed by atoms with van der Waals surface area (Å²) in [5.41, 5.74) is 9.11. The van der Waals surface area contributed by atoms with E-state index in [1.807, 2.05) is 0 Å². The number of hydrogen-bond donors (Lipinski definition) is 0. The maximum absolute atomic E-state index is 5.79. The van der Waals surface area contributed by atoms with Gasteiger partial charge in [0.25, 0.3) is 0 Å². The number of rotatable bonds is 2. The van der Waals surface area contributed by atoms with Gasteiger partial charge in [0, 0.05) is 53.2 Å². The van der Waals surface area contributed by atoms with Crippen molar-refractivity contribution in [2.24, 2.45) is 0 Å². The van der Waals surface area contributed by atoms with E-state index in [1.165, 1.54) is 91.4 Å². The molecule has 6 heteroatoms. The first-order valence-corrected chi connectivity index (χ1v) is 21.2. The Bertz CT molecular complexity index is 4370. The van der Waals surface area contributed by atoms with Crippen LogP contribution in [0.15, 0.2) is 176 Å². The molecule has 0 fully saturated rings. The number of hydrogen-bond acceptors (Lipinski definition) is 3. The number of benzene rings is 9. The van der Waals surface area contributed by atoms with Crippen LogP contribution in [0.4, 0.5) is 0 Å². The van der Waals surface area contributed by atoms with Crippen LogP contribution in [-0.2, 0) is 0 Å². The van der Waals surface area contributed by atoms with Crippen molar-refractivity contribution in [3.63, 3.8) is 0 Å². The van der Waals surface area contributed by atoms with Gasteiger partial charge >= 0.3 is 0 Å². The summed E-state index contributed by atoms with van der Waals surface area (Å²) in [6.07, 6.45) is 0. The molecule has 276 valence electrons. The van der Waals surface area contributed by atoms with Gasteiger partial charge < -0.3 is 4.40 Å². The van der Waals surface area contributed by atoms with Gasteiger partial charge in [0.1, 0.15) is 0 Å². The van der Waals surface area contributed by atoms with Gasteiger partial charge in [-0.05, 0) is 64.0 Å². The van der Waals surface area contributed by atoms with Crippen molar-refractivity contribution < 1.29 is 0 Å². The fraction of sp³-hybridized carbons (Fsp3) is 0. The molecule has 0 aliphatic carbocycles. The molecule has 15 aromatic rings. The molecule has 0 spiro atoms. The summed E-state index contributed by atoms with van der Waals surface area (Å²) in [6.45, 7) is 0. The first-order chi connectivity index (χ1) is 29.8. The lowest BCUT2D eigenvalue weighted by atomic mass is 10.00. The molecule has 0 saturated carbocycles. The molecule has 0 radical (unpaired) electrons. The minimum absolute atomic E-state index is 0.659. The second-order valence-electron chi connectivity index (χ2n) is 16.1. The lowest BCUT2D eigenvalue weighted by molar-refractivity contribution is 0.977. The zero-order valence-corrected chi connectivity index (χ0v) is 32.7. The number of para-hydroxylation sites is 3. The van der Waals surface area contributed by atoms with Gasteiger partial charge in [-0.1, -0.05) is 133 Å². The maximum Gasteiger partial charge on any atom is 0.237 e. The summed E-state index contributed by atoms with van der Waals surface area (Å²) in [5.74, 6) is 1.55. The highest BCUT2D eigenvalue weighted by molar-refractivity contribution is 7.26. The second kappa shape index (κ2) is 11.0. The van der Waals surface area contributed by atoms with Crippen molar-refractivity contribution in [1.29, 1.82) is 0 Å². The van der Waals surface area contributed by atoms with E-state index in [-0.39, 0.29) is 0 Å². The summed E-state index contributed by atoms with van der Waals surface area (Å²) in [6, 6.07) is 64.2. The summed E-state index contributed by atoms with van der Waals surface area (Å²) in [5, 5.41) is 16.0. The Morgan fingerprint density at radius 2 is 0.933 bits per heavy atom. The molecule has 0 bridgehead atoms. The SMILES string of the molecule is c1ccc2c(c1)ccc1c2c2ccccc2n1-c1nc(-n2c3ccccc3c3cc4c5c6ccccc6ccc5n5c6ccccc6c(c32)c45)c2sc3ccccc3c2n1. The van der Waals surface area contributed by atoms with Gasteiger partial charge in [-0.3, -0.25) is 9.13 Å². The van der Waals surface area contributed by atoms with Gasteiger partial charge in [0.2, 0.25) is 5.95 Å². The number of aromatic nitrogens is 5. The van der Waals surface area contributed by atoms with Crippen LogP contribution < -0.4 is 0 Å². The van der Waals surface area contributed by atoms with Gasteiger partial charge in [-0.25, -0.2) is 4.98 Å². The standard InChI is InChI=1S/C54H29N5S/c1-3-15-32-30(13-1)26-28-44-46(32)35-18-6-11-23-42(35)58(44)54-55-49-37-20-8-12-24-45(37)60-52(49)53(56-54)59-40-21-9-5-17-34(40)38-29-39-47-33-16-4-2-14-31(33)25-27-43(47)57-41-22-10-7-19-36(41)48(50(38)59)51(39)57/h1-29H. The van der Waals surface area contributed by atoms with Crippen LogP contribution in [0.25, 0.3) is 135 Å². The topological polar surface area (TPSA) is 40.0 Å². The highest BCUT2D eigenvalue weighted by Gasteiger charge is 2.28. The van der Waals surface area contributed by atoms with E-state index in [9.17, 15) is 0 Å². The van der Waals surface area contributed by atoms with Gasteiger partial charge in [-0.15, -0.1) is 11.3 Å². The predicted octanol–water partition coefficient (Wildman–Crippen LogP) is 14.5. The number of nitrogens with zero attached hydrogens (tertiary/aromatic N) is 5. The summed E-state index contributed by atoms with van der Waals surface area (Å²) >= 11 is 1.78. The van der Waals surface area contributed by atoms with Crippen LogP contribution in [-0.4, -0.2) is 23.5 Å². The van der Waals surface area contributed by atoms with E-state index in [0.29, 0.717) is 5.95 Å². The average molecular weight is 780 g/mol. The molecule has 0 saturated heterocycles. The molecule has 6 heterocycles. The lowest BCUT2D eigenvalue weighted by Crippen LogP contribution is -2.06. The van der Waals surface area contributed by atoms with E-state index in [0.717, 1.165) is 38.0 Å². The van der Waals surface area contributed by atoms with E-state index < -0.39 is 0 Å². The summed E-state index contributed by atoms with van der Waals surface area (Å²) < 4.78 is 9.52. The Balaban J connectivity index is 1.17. The molecule has 0 atom stereocenters. The Hall–Kier alpha value is -7.80. The van der Waals surface area contributed by atoms with Crippen LogP contribution in [0.1, 0.15) is 0 Å². The van der Waals surface area contributed by atoms with Crippen molar-refractivity contribution in [3.05, 3.63) is 176 Å². The second-order valence-corrected chi connectivity index (χ2v) is 17.1. The highest BCUT2D eigenvalue weighted by atomic mass is 32.1. The minimum Gasteiger partial charge on any atom is -0.308 e. The number of fused-ring (bicyclic) bond motifs is 20. The molecule has 9 aromatic carbocycles. The fourth-order valence-electron chi connectivity index (χ4n) is 10.8. The largest absolute Gasteiger partial charge is 0.308 e. The molecule has 0 N–H and O–H groups in total. The van der Waals surface area contributed by atoms with Crippen molar-refractivity contribution in [2.75, 3.05) is 0 Å². The third-order valence-electron chi connectivity index (χ3n) is 13.2. The number of thiophene rings is 1. The molecule has 0 amide bonds. The summed E-state index contributed by atoms with van der Waals surface area (Å²) in [4.78, 5) is 11.4. The predicted molar refractivity (Wildman–Crippen MR) is 253 cm³/mol. The molecule has 0 aliphatic heterocycles.